The lowest BCUT2D eigenvalue weighted by molar-refractivity contribution is 0.0762. The van der Waals surface area contributed by atoms with Gasteiger partial charge in [0.05, 0.1) is 6.10 Å². The maximum atomic E-state index is 10.8. The van der Waals surface area contributed by atoms with Crippen LogP contribution in [0.3, 0.4) is 0 Å². The summed E-state index contributed by atoms with van der Waals surface area (Å²) in [5, 5.41) is 15.8. The third kappa shape index (κ3) is 1.95. The Kier molecular flexibility index (Phi) is 3.17. The number of β-amino-alcohol motifs (C(OH)–C–C–N with tert-alkyl or cyclic N) is 1. The number of rotatable bonds is 1. The zero-order valence-electron chi connectivity index (χ0n) is 13.1. The molecule has 0 aliphatic carbocycles. The highest BCUT2D eigenvalue weighted by atomic mass is 16.3. The number of nitrogens with zero attached hydrogens (tertiary/aromatic N) is 1. The van der Waals surface area contributed by atoms with E-state index in [1.54, 1.807) is 0 Å². The van der Waals surface area contributed by atoms with E-state index in [-0.39, 0.29) is 0 Å². The molecule has 0 saturated carbocycles. The molecule has 2 heteroatoms. The van der Waals surface area contributed by atoms with E-state index in [1.165, 1.54) is 27.1 Å². The van der Waals surface area contributed by atoms with Crippen LogP contribution in [0.25, 0.3) is 21.5 Å². The lowest BCUT2D eigenvalue weighted by atomic mass is 9.86. The first-order valence-electron chi connectivity index (χ1n) is 8.01. The van der Waals surface area contributed by atoms with Crippen LogP contribution in [0.2, 0.25) is 0 Å². The van der Waals surface area contributed by atoms with Gasteiger partial charge in [0.25, 0.3) is 0 Å². The Hall–Kier alpha value is -1.90. The van der Waals surface area contributed by atoms with Crippen LogP contribution in [0.1, 0.15) is 31.1 Å². The van der Waals surface area contributed by atoms with Gasteiger partial charge in [-0.25, -0.2) is 0 Å². The molecule has 22 heavy (non-hydrogen) atoms. The Morgan fingerprint density at radius 3 is 2.09 bits per heavy atom. The van der Waals surface area contributed by atoms with Gasteiger partial charge in [-0.05, 0) is 46.5 Å². The topological polar surface area (TPSA) is 23.5 Å². The van der Waals surface area contributed by atoms with Gasteiger partial charge in [0.2, 0.25) is 0 Å². The van der Waals surface area contributed by atoms with Gasteiger partial charge in [0, 0.05) is 19.1 Å². The van der Waals surface area contributed by atoms with E-state index in [1.807, 2.05) is 0 Å². The number of fused-ring (bicyclic) bond motifs is 6. The van der Waals surface area contributed by atoms with Crippen LogP contribution in [0.5, 0.6) is 0 Å². The molecule has 0 saturated heterocycles. The minimum Gasteiger partial charge on any atom is -0.387 e. The zero-order chi connectivity index (χ0) is 15.3. The molecule has 0 aromatic heterocycles. The molecule has 2 nitrogen and oxygen atoms in total. The SMILES string of the molecule is CC(C)N1Cc2c(c3ccccc3c3ccccc23)C(O)C1. The summed E-state index contributed by atoms with van der Waals surface area (Å²) in [4.78, 5) is 2.36. The molecule has 4 rings (SSSR count). The van der Waals surface area contributed by atoms with Gasteiger partial charge in [0.15, 0.2) is 0 Å². The lowest BCUT2D eigenvalue weighted by Gasteiger charge is -2.36. The molecule has 1 aliphatic heterocycles. The fourth-order valence-electron chi connectivity index (χ4n) is 3.77. The first-order chi connectivity index (χ1) is 10.7. The van der Waals surface area contributed by atoms with E-state index < -0.39 is 6.10 Å². The number of aliphatic hydroxyl groups excluding tert-OH is 1. The van der Waals surface area contributed by atoms with Crippen LogP contribution >= 0.6 is 0 Å². The smallest absolute Gasteiger partial charge is 0.0926 e. The Morgan fingerprint density at radius 2 is 1.45 bits per heavy atom. The number of hydrogen-bond acceptors (Lipinski definition) is 2. The maximum Gasteiger partial charge on any atom is 0.0926 e. The van der Waals surface area contributed by atoms with Gasteiger partial charge in [-0.15, -0.1) is 0 Å². The second-order valence-electron chi connectivity index (χ2n) is 6.52. The number of aliphatic hydroxyl groups is 1. The average Bonchev–Trinajstić information content (AvgIpc) is 2.54. The molecule has 3 aromatic rings. The Bertz CT molecular complexity index is 853. The third-order valence-electron chi connectivity index (χ3n) is 4.92. The Balaban J connectivity index is 2.11. The first kappa shape index (κ1) is 13.7. The summed E-state index contributed by atoms with van der Waals surface area (Å²) in [5.41, 5.74) is 2.42. The first-order valence-corrected chi connectivity index (χ1v) is 8.01. The minimum absolute atomic E-state index is 0.416. The van der Waals surface area contributed by atoms with Crippen LogP contribution in [-0.2, 0) is 6.54 Å². The maximum absolute atomic E-state index is 10.8. The van der Waals surface area contributed by atoms with Crippen molar-refractivity contribution in [3.05, 3.63) is 59.7 Å². The summed E-state index contributed by atoms with van der Waals surface area (Å²) < 4.78 is 0. The molecule has 1 heterocycles. The van der Waals surface area contributed by atoms with E-state index in [4.69, 9.17) is 0 Å². The summed E-state index contributed by atoms with van der Waals surface area (Å²) in [7, 11) is 0. The number of benzene rings is 3. The van der Waals surface area contributed by atoms with Crippen molar-refractivity contribution in [2.24, 2.45) is 0 Å². The second kappa shape index (κ2) is 5.08. The van der Waals surface area contributed by atoms with Gasteiger partial charge in [-0.3, -0.25) is 4.90 Å². The molecule has 0 amide bonds. The molecular formula is C20H21NO. The fraction of sp³-hybridized carbons (Fsp3) is 0.300. The van der Waals surface area contributed by atoms with Crippen molar-refractivity contribution >= 4 is 21.5 Å². The molecule has 0 spiro atoms. The lowest BCUT2D eigenvalue weighted by Crippen LogP contribution is -2.38. The molecule has 1 unspecified atom stereocenters. The van der Waals surface area contributed by atoms with Gasteiger partial charge >= 0.3 is 0 Å². The number of hydrogen-bond donors (Lipinski definition) is 1. The zero-order valence-corrected chi connectivity index (χ0v) is 13.1. The van der Waals surface area contributed by atoms with Gasteiger partial charge in [-0.1, -0.05) is 48.5 Å². The molecule has 1 N–H and O–H groups in total. The summed E-state index contributed by atoms with van der Waals surface area (Å²) in [5.74, 6) is 0. The van der Waals surface area contributed by atoms with E-state index in [2.05, 4.69) is 67.3 Å². The van der Waals surface area contributed by atoms with Crippen LogP contribution in [-0.4, -0.2) is 22.6 Å². The predicted octanol–water partition coefficient (Wildman–Crippen LogP) is 4.25. The van der Waals surface area contributed by atoms with Crippen molar-refractivity contribution in [2.45, 2.75) is 32.5 Å². The second-order valence-corrected chi connectivity index (χ2v) is 6.52. The van der Waals surface area contributed by atoms with Crippen molar-refractivity contribution in [2.75, 3.05) is 6.54 Å². The van der Waals surface area contributed by atoms with E-state index in [0.717, 1.165) is 12.1 Å². The third-order valence-corrected chi connectivity index (χ3v) is 4.92. The van der Waals surface area contributed by atoms with Gasteiger partial charge in [0.1, 0.15) is 0 Å². The van der Waals surface area contributed by atoms with Gasteiger partial charge in [-0.2, -0.15) is 0 Å². The minimum atomic E-state index is -0.416. The van der Waals surface area contributed by atoms with E-state index in [9.17, 15) is 5.11 Å². The molecule has 0 radical (unpaired) electrons. The van der Waals surface area contributed by atoms with Crippen LogP contribution in [0.15, 0.2) is 48.5 Å². The fourth-order valence-corrected chi connectivity index (χ4v) is 3.77. The predicted molar refractivity (Wildman–Crippen MR) is 92.0 cm³/mol. The van der Waals surface area contributed by atoms with Crippen molar-refractivity contribution in [3.8, 4) is 0 Å². The Morgan fingerprint density at radius 1 is 0.909 bits per heavy atom. The highest BCUT2D eigenvalue weighted by molar-refractivity contribution is 6.11. The molecular weight excluding hydrogens is 270 g/mol. The van der Waals surface area contributed by atoms with Crippen molar-refractivity contribution in [3.63, 3.8) is 0 Å². The molecule has 1 aliphatic rings. The van der Waals surface area contributed by atoms with E-state index >= 15 is 0 Å². The molecule has 0 fully saturated rings. The highest BCUT2D eigenvalue weighted by Gasteiger charge is 2.28. The summed E-state index contributed by atoms with van der Waals surface area (Å²) in [6.45, 7) is 6.02. The monoisotopic (exact) mass is 291 g/mol. The standard InChI is InChI=1S/C20H21NO/c1-13(2)21-11-18-16-9-4-3-7-14(16)15-8-5-6-10-17(15)20(18)19(22)12-21/h3-10,13,19,22H,11-12H2,1-2H3. The average molecular weight is 291 g/mol. The summed E-state index contributed by atoms with van der Waals surface area (Å²) in [6.07, 6.45) is -0.416. The molecule has 112 valence electrons. The summed E-state index contributed by atoms with van der Waals surface area (Å²) >= 11 is 0. The van der Waals surface area contributed by atoms with Crippen LogP contribution in [0, 0.1) is 0 Å². The molecule has 3 aromatic carbocycles. The highest BCUT2D eigenvalue weighted by Crippen LogP contribution is 2.39. The van der Waals surface area contributed by atoms with Crippen LogP contribution in [0.4, 0.5) is 0 Å². The van der Waals surface area contributed by atoms with Crippen molar-refractivity contribution in [1.29, 1.82) is 0 Å². The van der Waals surface area contributed by atoms with Gasteiger partial charge < -0.3 is 5.11 Å². The van der Waals surface area contributed by atoms with Crippen molar-refractivity contribution < 1.29 is 5.11 Å². The Labute approximate surface area is 131 Å². The quantitative estimate of drug-likeness (QED) is 0.677. The summed E-state index contributed by atoms with van der Waals surface area (Å²) in [6, 6.07) is 17.5. The van der Waals surface area contributed by atoms with Crippen LogP contribution < -0.4 is 0 Å². The largest absolute Gasteiger partial charge is 0.387 e. The van der Waals surface area contributed by atoms with Crippen molar-refractivity contribution in [1.82, 2.24) is 4.90 Å². The molecule has 1 atom stereocenters. The molecule has 0 bridgehead atoms. The van der Waals surface area contributed by atoms with E-state index in [0.29, 0.717) is 12.6 Å². The normalized spacial score (nSPS) is 19.0.